The summed E-state index contributed by atoms with van der Waals surface area (Å²) in [6.45, 7) is 5.95. The second-order valence-corrected chi connectivity index (χ2v) is 8.15. The normalized spacial score (nSPS) is 17.1. The molecule has 0 saturated carbocycles. The number of amides is 1. The van der Waals surface area contributed by atoms with Crippen LogP contribution in [0.4, 0.5) is 5.82 Å². The van der Waals surface area contributed by atoms with Crippen LogP contribution in [0.2, 0.25) is 0 Å². The summed E-state index contributed by atoms with van der Waals surface area (Å²) in [5.41, 5.74) is 3.71. The third-order valence-electron chi connectivity index (χ3n) is 4.63. The zero-order chi connectivity index (χ0) is 18.7. The van der Waals surface area contributed by atoms with E-state index < -0.39 is 0 Å². The van der Waals surface area contributed by atoms with E-state index >= 15 is 0 Å². The molecule has 2 atom stereocenters. The lowest BCUT2D eigenvalue weighted by Gasteiger charge is -2.22. The van der Waals surface area contributed by atoms with E-state index in [1.165, 1.54) is 17.3 Å². The Hall–Kier alpha value is -2.39. The minimum absolute atomic E-state index is 0.145. The molecule has 0 bridgehead atoms. The molecule has 0 spiro atoms. The molecule has 2 unspecified atom stereocenters. The van der Waals surface area contributed by atoms with Gasteiger partial charge in [0.05, 0.1) is 10.8 Å². The molecule has 1 N–H and O–H groups in total. The quantitative estimate of drug-likeness (QED) is 0.830. The van der Waals surface area contributed by atoms with Gasteiger partial charge in [0, 0.05) is 11.9 Å². The fourth-order valence-corrected chi connectivity index (χ4v) is 3.95. The lowest BCUT2D eigenvalue weighted by Crippen LogP contribution is -2.24. The van der Waals surface area contributed by atoms with Crippen molar-refractivity contribution < 1.29 is 4.79 Å². The number of carbonyl (C=O) groups excluding carboxylic acids is 1. The highest BCUT2D eigenvalue weighted by molar-refractivity contribution is 8.00. The van der Waals surface area contributed by atoms with E-state index in [1.54, 1.807) is 6.20 Å². The Kier molecular flexibility index (Phi) is 5.58. The van der Waals surface area contributed by atoms with Crippen LogP contribution >= 0.6 is 11.8 Å². The van der Waals surface area contributed by atoms with Gasteiger partial charge in [0.1, 0.15) is 16.9 Å². The number of aryl methyl sites for hydroxylation is 2. The van der Waals surface area contributed by atoms with Gasteiger partial charge in [-0.15, -0.1) is 0 Å². The molecule has 0 fully saturated rings. The topological polar surface area (TPSA) is 78.7 Å². The SMILES string of the molecule is Cc1cccnc1NC(=O)C(C)Sc1nc2c(cc1C#N)CC(C)CC2. The van der Waals surface area contributed by atoms with E-state index in [0.717, 1.165) is 30.5 Å². The second kappa shape index (κ2) is 7.88. The minimum atomic E-state index is -0.378. The first kappa shape index (κ1) is 18.4. The molecule has 2 heterocycles. The molecule has 2 aromatic heterocycles. The highest BCUT2D eigenvalue weighted by Gasteiger charge is 2.22. The first-order valence-corrected chi connectivity index (χ1v) is 9.68. The smallest absolute Gasteiger partial charge is 0.238 e. The van der Waals surface area contributed by atoms with Crippen molar-refractivity contribution in [3.05, 3.63) is 46.8 Å². The summed E-state index contributed by atoms with van der Waals surface area (Å²) >= 11 is 1.33. The fraction of sp³-hybridized carbons (Fsp3) is 0.400. The van der Waals surface area contributed by atoms with Crippen LogP contribution in [0.15, 0.2) is 29.4 Å². The maximum absolute atomic E-state index is 12.5. The van der Waals surface area contributed by atoms with Crippen molar-refractivity contribution in [1.29, 1.82) is 5.26 Å². The number of aromatic nitrogens is 2. The van der Waals surface area contributed by atoms with Crippen LogP contribution in [0.25, 0.3) is 0 Å². The average molecular weight is 366 g/mol. The Labute approximate surface area is 158 Å². The van der Waals surface area contributed by atoms with Crippen LogP contribution in [0, 0.1) is 24.2 Å². The van der Waals surface area contributed by atoms with Crippen LogP contribution in [-0.2, 0) is 17.6 Å². The summed E-state index contributed by atoms with van der Waals surface area (Å²) in [4.78, 5) is 21.4. The first-order valence-electron chi connectivity index (χ1n) is 8.80. The van der Waals surface area contributed by atoms with Gasteiger partial charge in [-0.2, -0.15) is 5.26 Å². The number of thioether (sulfide) groups is 1. The molecule has 2 aromatic rings. The molecular weight excluding hydrogens is 344 g/mol. The Balaban J connectivity index is 1.76. The van der Waals surface area contributed by atoms with Crippen LogP contribution in [-0.4, -0.2) is 21.1 Å². The van der Waals surface area contributed by atoms with E-state index in [2.05, 4.69) is 23.3 Å². The second-order valence-electron chi connectivity index (χ2n) is 6.82. The number of pyridine rings is 2. The number of hydrogen-bond acceptors (Lipinski definition) is 5. The molecule has 1 aliphatic carbocycles. The largest absolute Gasteiger partial charge is 0.310 e. The Morgan fingerprint density at radius 3 is 3.04 bits per heavy atom. The summed E-state index contributed by atoms with van der Waals surface area (Å²) in [6.07, 6.45) is 4.67. The fourth-order valence-electron chi connectivity index (χ4n) is 3.05. The molecule has 0 radical (unpaired) electrons. The van der Waals surface area contributed by atoms with Crippen LogP contribution in [0.3, 0.4) is 0 Å². The summed E-state index contributed by atoms with van der Waals surface area (Å²) in [5, 5.41) is 12.6. The van der Waals surface area contributed by atoms with E-state index in [-0.39, 0.29) is 11.2 Å². The van der Waals surface area contributed by atoms with Crippen LogP contribution in [0.5, 0.6) is 0 Å². The van der Waals surface area contributed by atoms with Crippen LogP contribution < -0.4 is 5.32 Å². The molecule has 0 saturated heterocycles. The third kappa shape index (κ3) is 4.05. The number of hydrogen-bond donors (Lipinski definition) is 1. The summed E-state index contributed by atoms with van der Waals surface area (Å²) in [6, 6.07) is 7.93. The van der Waals surface area contributed by atoms with Gasteiger partial charge >= 0.3 is 0 Å². The maximum atomic E-state index is 12.5. The van der Waals surface area contributed by atoms with Gasteiger partial charge in [0.25, 0.3) is 0 Å². The molecular formula is C20H22N4OS. The molecule has 1 aliphatic rings. The molecule has 6 heteroatoms. The molecule has 0 aromatic carbocycles. The van der Waals surface area contributed by atoms with Crippen molar-refractivity contribution in [3.8, 4) is 6.07 Å². The number of nitrogens with zero attached hydrogens (tertiary/aromatic N) is 3. The summed E-state index contributed by atoms with van der Waals surface area (Å²) < 4.78 is 0. The van der Waals surface area contributed by atoms with Gasteiger partial charge < -0.3 is 5.32 Å². The van der Waals surface area contributed by atoms with Gasteiger partial charge in [-0.1, -0.05) is 24.8 Å². The molecule has 3 rings (SSSR count). The van der Waals surface area contributed by atoms with E-state index in [1.807, 2.05) is 32.0 Å². The van der Waals surface area contributed by atoms with Crippen molar-refractivity contribution in [3.63, 3.8) is 0 Å². The standard InChI is InChI=1S/C20H22N4OS/c1-12-6-7-17-15(9-12)10-16(11-21)20(23-17)26-14(3)19(25)24-18-13(2)5-4-8-22-18/h4-5,8,10,12,14H,6-7,9H2,1-3H3,(H,22,24,25). The zero-order valence-corrected chi connectivity index (χ0v) is 16.1. The maximum Gasteiger partial charge on any atom is 0.238 e. The van der Waals surface area contributed by atoms with Gasteiger partial charge in [-0.25, -0.2) is 9.97 Å². The number of rotatable bonds is 4. The van der Waals surface area contributed by atoms with Crippen molar-refractivity contribution in [1.82, 2.24) is 9.97 Å². The number of carbonyl (C=O) groups is 1. The summed E-state index contributed by atoms with van der Waals surface area (Å²) in [5.74, 6) is 1.05. The predicted molar refractivity (Wildman–Crippen MR) is 103 cm³/mol. The highest BCUT2D eigenvalue weighted by atomic mass is 32.2. The first-order chi connectivity index (χ1) is 12.5. The number of anilines is 1. The van der Waals surface area contributed by atoms with Crippen molar-refractivity contribution in [2.45, 2.75) is 50.3 Å². The predicted octanol–water partition coefficient (Wildman–Crippen LogP) is 3.90. The third-order valence-corrected chi connectivity index (χ3v) is 5.73. The lowest BCUT2D eigenvalue weighted by atomic mass is 9.87. The number of fused-ring (bicyclic) bond motifs is 1. The van der Waals surface area contributed by atoms with E-state index in [4.69, 9.17) is 4.98 Å². The van der Waals surface area contributed by atoms with Gasteiger partial charge in [0.15, 0.2) is 0 Å². The Morgan fingerprint density at radius 1 is 1.50 bits per heavy atom. The van der Waals surface area contributed by atoms with Gasteiger partial charge in [-0.05, 0) is 62.3 Å². The van der Waals surface area contributed by atoms with Crippen molar-refractivity contribution >= 4 is 23.5 Å². The molecule has 1 amide bonds. The summed E-state index contributed by atoms with van der Waals surface area (Å²) in [7, 11) is 0. The highest BCUT2D eigenvalue weighted by Crippen LogP contribution is 2.31. The van der Waals surface area contributed by atoms with Crippen molar-refractivity contribution in [2.24, 2.45) is 5.92 Å². The van der Waals surface area contributed by atoms with E-state index in [0.29, 0.717) is 22.3 Å². The van der Waals surface area contributed by atoms with Crippen molar-refractivity contribution in [2.75, 3.05) is 5.32 Å². The van der Waals surface area contributed by atoms with Gasteiger partial charge in [0.2, 0.25) is 5.91 Å². The zero-order valence-electron chi connectivity index (χ0n) is 15.2. The van der Waals surface area contributed by atoms with Crippen LogP contribution in [0.1, 0.15) is 42.7 Å². The average Bonchev–Trinajstić information content (AvgIpc) is 2.63. The van der Waals surface area contributed by atoms with Gasteiger partial charge in [-0.3, -0.25) is 4.79 Å². The molecule has 134 valence electrons. The Morgan fingerprint density at radius 2 is 2.31 bits per heavy atom. The lowest BCUT2D eigenvalue weighted by molar-refractivity contribution is -0.115. The molecule has 5 nitrogen and oxygen atoms in total. The molecule has 0 aliphatic heterocycles. The number of nitrogens with one attached hydrogen (secondary N) is 1. The molecule has 26 heavy (non-hydrogen) atoms. The number of nitriles is 1. The Bertz CT molecular complexity index is 875. The monoisotopic (exact) mass is 366 g/mol. The minimum Gasteiger partial charge on any atom is -0.310 e. The van der Waals surface area contributed by atoms with E-state index in [9.17, 15) is 10.1 Å².